The summed E-state index contributed by atoms with van der Waals surface area (Å²) in [5.41, 5.74) is 8.20. The van der Waals surface area contributed by atoms with Crippen molar-refractivity contribution in [3.63, 3.8) is 0 Å². The Morgan fingerprint density at radius 2 is 1.68 bits per heavy atom. The van der Waals surface area contributed by atoms with Gasteiger partial charge in [-0.25, -0.2) is 0 Å². The predicted molar refractivity (Wildman–Crippen MR) is 80.1 cm³/mol. The van der Waals surface area contributed by atoms with Crippen LogP contribution in [-0.4, -0.2) is 20.3 Å². The smallest absolute Gasteiger partial charge is 0.126 e. The van der Waals surface area contributed by atoms with E-state index in [1.54, 1.807) is 14.2 Å². The number of rotatable bonds is 8. The van der Waals surface area contributed by atoms with Crippen LogP contribution in [0.4, 0.5) is 0 Å². The van der Waals surface area contributed by atoms with E-state index in [2.05, 4.69) is 19.1 Å². The molecule has 1 atom stereocenters. The fourth-order valence-corrected chi connectivity index (χ4v) is 2.33. The van der Waals surface area contributed by atoms with E-state index in [-0.39, 0.29) is 6.04 Å². The van der Waals surface area contributed by atoms with Gasteiger partial charge in [-0.1, -0.05) is 19.8 Å². The van der Waals surface area contributed by atoms with E-state index < -0.39 is 0 Å². The minimum atomic E-state index is 0.139. The second-order valence-electron chi connectivity index (χ2n) is 5.12. The number of unbranched alkanes of at least 4 members (excludes halogenated alkanes) is 2. The molecule has 0 aliphatic rings. The van der Waals surface area contributed by atoms with Gasteiger partial charge in [0.25, 0.3) is 0 Å². The second-order valence-corrected chi connectivity index (χ2v) is 5.12. The second kappa shape index (κ2) is 8.05. The highest BCUT2D eigenvalue weighted by molar-refractivity contribution is 5.48. The Labute approximate surface area is 117 Å². The van der Waals surface area contributed by atoms with Crippen LogP contribution < -0.4 is 15.2 Å². The SMILES string of the molecule is CCCCCc1c(OC)cc(CC(C)N)cc1OC. The number of nitrogens with two attached hydrogens (primary N) is 1. The Morgan fingerprint density at radius 3 is 2.11 bits per heavy atom. The highest BCUT2D eigenvalue weighted by Gasteiger charge is 2.13. The maximum atomic E-state index is 5.86. The van der Waals surface area contributed by atoms with Gasteiger partial charge in [0.15, 0.2) is 0 Å². The maximum Gasteiger partial charge on any atom is 0.126 e. The third-order valence-corrected chi connectivity index (χ3v) is 3.26. The van der Waals surface area contributed by atoms with Crippen molar-refractivity contribution in [3.05, 3.63) is 23.3 Å². The van der Waals surface area contributed by atoms with E-state index in [0.29, 0.717) is 0 Å². The van der Waals surface area contributed by atoms with E-state index in [4.69, 9.17) is 15.2 Å². The van der Waals surface area contributed by atoms with Gasteiger partial charge in [-0.15, -0.1) is 0 Å². The first kappa shape index (κ1) is 15.8. The largest absolute Gasteiger partial charge is 0.496 e. The quantitative estimate of drug-likeness (QED) is 0.733. The summed E-state index contributed by atoms with van der Waals surface area (Å²) < 4.78 is 11.0. The van der Waals surface area contributed by atoms with E-state index in [1.807, 2.05) is 6.92 Å². The topological polar surface area (TPSA) is 44.5 Å². The Bertz CT molecular complexity index is 363. The first-order valence-corrected chi connectivity index (χ1v) is 7.11. The molecule has 0 amide bonds. The summed E-state index contributed by atoms with van der Waals surface area (Å²) in [5, 5.41) is 0. The molecule has 0 saturated carbocycles. The van der Waals surface area contributed by atoms with E-state index in [1.165, 1.54) is 24.0 Å². The van der Waals surface area contributed by atoms with E-state index in [0.717, 1.165) is 30.8 Å². The summed E-state index contributed by atoms with van der Waals surface area (Å²) in [6.45, 7) is 4.22. The summed E-state index contributed by atoms with van der Waals surface area (Å²) in [6, 6.07) is 4.32. The Balaban J connectivity index is 2.99. The van der Waals surface area contributed by atoms with Gasteiger partial charge in [0.05, 0.1) is 14.2 Å². The van der Waals surface area contributed by atoms with Crippen LogP contribution in [0.5, 0.6) is 11.5 Å². The molecule has 108 valence electrons. The van der Waals surface area contributed by atoms with Crippen LogP contribution in [-0.2, 0) is 12.8 Å². The molecular weight excluding hydrogens is 238 g/mol. The molecule has 0 spiro atoms. The molecule has 0 radical (unpaired) electrons. The number of ether oxygens (including phenoxy) is 2. The molecule has 1 rings (SSSR count). The Morgan fingerprint density at radius 1 is 1.11 bits per heavy atom. The summed E-state index contributed by atoms with van der Waals surface area (Å²) in [7, 11) is 3.43. The van der Waals surface area contributed by atoms with Gasteiger partial charge in [0.1, 0.15) is 11.5 Å². The molecule has 1 aromatic rings. The van der Waals surface area contributed by atoms with Gasteiger partial charge >= 0.3 is 0 Å². The molecule has 2 N–H and O–H groups in total. The van der Waals surface area contributed by atoms with Crippen LogP contribution in [0.2, 0.25) is 0 Å². The molecule has 0 fully saturated rings. The zero-order valence-corrected chi connectivity index (χ0v) is 12.7. The van der Waals surface area contributed by atoms with Crippen LogP contribution >= 0.6 is 0 Å². The first-order valence-electron chi connectivity index (χ1n) is 7.11. The molecule has 0 heterocycles. The third kappa shape index (κ3) is 4.75. The molecule has 0 aliphatic heterocycles. The lowest BCUT2D eigenvalue weighted by Gasteiger charge is -2.16. The number of hydrogen-bond acceptors (Lipinski definition) is 3. The molecule has 19 heavy (non-hydrogen) atoms. The fraction of sp³-hybridized carbons (Fsp3) is 0.625. The molecule has 1 unspecified atom stereocenters. The monoisotopic (exact) mass is 265 g/mol. The third-order valence-electron chi connectivity index (χ3n) is 3.26. The molecule has 1 aromatic carbocycles. The van der Waals surface area contributed by atoms with Crippen LogP contribution in [0.3, 0.4) is 0 Å². The lowest BCUT2D eigenvalue weighted by atomic mass is 10.00. The number of methoxy groups -OCH3 is 2. The standard InChI is InChI=1S/C16H27NO2/c1-5-6-7-8-14-15(18-3)10-13(9-12(2)17)11-16(14)19-4/h10-12H,5-9,17H2,1-4H3. The van der Waals surface area contributed by atoms with Crippen molar-refractivity contribution in [2.45, 2.75) is 52.0 Å². The van der Waals surface area contributed by atoms with Crippen molar-refractivity contribution >= 4 is 0 Å². The van der Waals surface area contributed by atoms with Crippen LogP contribution in [0, 0.1) is 0 Å². The predicted octanol–water partition coefficient (Wildman–Crippen LogP) is 3.33. The van der Waals surface area contributed by atoms with Crippen molar-refractivity contribution in [3.8, 4) is 11.5 Å². The number of benzene rings is 1. The molecular formula is C16H27NO2. The van der Waals surface area contributed by atoms with Crippen molar-refractivity contribution in [1.82, 2.24) is 0 Å². The van der Waals surface area contributed by atoms with E-state index >= 15 is 0 Å². The van der Waals surface area contributed by atoms with Gasteiger partial charge < -0.3 is 15.2 Å². The summed E-state index contributed by atoms with van der Waals surface area (Å²) in [6.07, 6.45) is 5.44. The molecule has 0 aliphatic carbocycles. The van der Waals surface area contributed by atoms with Gasteiger partial charge in [0.2, 0.25) is 0 Å². The van der Waals surface area contributed by atoms with E-state index in [9.17, 15) is 0 Å². The highest BCUT2D eigenvalue weighted by Crippen LogP contribution is 2.32. The zero-order chi connectivity index (χ0) is 14.3. The normalized spacial score (nSPS) is 12.3. The van der Waals surface area contributed by atoms with Crippen molar-refractivity contribution in [2.75, 3.05) is 14.2 Å². The Hall–Kier alpha value is -1.22. The maximum absolute atomic E-state index is 5.86. The minimum absolute atomic E-state index is 0.139. The molecule has 0 bridgehead atoms. The fourth-order valence-electron chi connectivity index (χ4n) is 2.33. The molecule has 3 heteroatoms. The minimum Gasteiger partial charge on any atom is -0.496 e. The van der Waals surface area contributed by atoms with Gasteiger partial charge in [-0.05, 0) is 43.9 Å². The molecule has 0 aromatic heterocycles. The lowest BCUT2D eigenvalue weighted by Crippen LogP contribution is -2.18. The lowest BCUT2D eigenvalue weighted by molar-refractivity contribution is 0.383. The summed E-state index contributed by atoms with van der Waals surface area (Å²) >= 11 is 0. The van der Waals surface area contributed by atoms with Crippen molar-refractivity contribution < 1.29 is 9.47 Å². The van der Waals surface area contributed by atoms with Gasteiger partial charge in [-0.3, -0.25) is 0 Å². The molecule has 3 nitrogen and oxygen atoms in total. The first-order chi connectivity index (χ1) is 9.12. The average molecular weight is 265 g/mol. The van der Waals surface area contributed by atoms with Crippen LogP contribution in [0.1, 0.15) is 44.2 Å². The highest BCUT2D eigenvalue weighted by atomic mass is 16.5. The van der Waals surface area contributed by atoms with Crippen LogP contribution in [0.15, 0.2) is 12.1 Å². The average Bonchev–Trinajstić information content (AvgIpc) is 2.38. The number of hydrogen-bond donors (Lipinski definition) is 1. The van der Waals surface area contributed by atoms with Gasteiger partial charge in [-0.2, -0.15) is 0 Å². The van der Waals surface area contributed by atoms with Crippen molar-refractivity contribution in [2.24, 2.45) is 5.73 Å². The summed E-state index contributed by atoms with van der Waals surface area (Å²) in [4.78, 5) is 0. The summed E-state index contributed by atoms with van der Waals surface area (Å²) in [5.74, 6) is 1.84. The van der Waals surface area contributed by atoms with Gasteiger partial charge in [0, 0.05) is 11.6 Å². The van der Waals surface area contributed by atoms with Crippen molar-refractivity contribution in [1.29, 1.82) is 0 Å². The van der Waals surface area contributed by atoms with Crippen LogP contribution in [0.25, 0.3) is 0 Å². The Kier molecular flexibility index (Phi) is 6.71. The molecule has 0 saturated heterocycles. The zero-order valence-electron chi connectivity index (χ0n) is 12.7.